The van der Waals surface area contributed by atoms with E-state index in [-0.39, 0.29) is 11.2 Å². The zero-order valence-corrected chi connectivity index (χ0v) is 12.7. The predicted octanol–water partition coefficient (Wildman–Crippen LogP) is 0.145. The van der Waals surface area contributed by atoms with Gasteiger partial charge in [0.2, 0.25) is 11.1 Å². The lowest BCUT2D eigenvalue weighted by Crippen LogP contribution is -2.33. The number of aromatic nitrogens is 4. The van der Waals surface area contributed by atoms with Crippen LogP contribution in [0.1, 0.15) is 20.8 Å². The van der Waals surface area contributed by atoms with Gasteiger partial charge in [0.15, 0.2) is 0 Å². The maximum absolute atomic E-state index is 11.9. The second kappa shape index (κ2) is 8.11. The van der Waals surface area contributed by atoms with Crippen LogP contribution < -0.4 is 10.6 Å². The Labute approximate surface area is 117 Å². The highest BCUT2D eigenvalue weighted by molar-refractivity contribution is 8.00. The van der Waals surface area contributed by atoms with E-state index in [1.807, 2.05) is 14.0 Å². The molecular formula is C11H22N6OS. The molecule has 1 rings (SSSR count). The van der Waals surface area contributed by atoms with Crippen molar-refractivity contribution in [1.82, 2.24) is 30.8 Å². The van der Waals surface area contributed by atoms with Crippen LogP contribution in [0.3, 0.4) is 0 Å². The average molecular weight is 286 g/mol. The van der Waals surface area contributed by atoms with Gasteiger partial charge < -0.3 is 10.6 Å². The fourth-order valence-corrected chi connectivity index (χ4v) is 2.14. The van der Waals surface area contributed by atoms with Crippen LogP contribution >= 0.6 is 11.8 Å². The van der Waals surface area contributed by atoms with Gasteiger partial charge in [0, 0.05) is 13.1 Å². The van der Waals surface area contributed by atoms with Crippen LogP contribution in [0.5, 0.6) is 0 Å². The number of tetrazole rings is 1. The topological polar surface area (TPSA) is 84.7 Å². The van der Waals surface area contributed by atoms with Crippen molar-refractivity contribution in [3.05, 3.63) is 0 Å². The van der Waals surface area contributed by atoms with Crippen LogP contribution in [0, 0.1) is 5.92 Å². The van der Waals surface area contributed by atoms with Gasteiger partial charge >= 0.3 is 0 Å². The van der Waals surface area contributed by atoms with Crippen LogP contribution in [0.15, 0.2) is 5.16 Å². The third-order valence-electron chi connectivity index (χ3n) is 2.41. The Balaban J connectivity index is 2.49. The Bertz CT molecular complexity index is 394. The molecule has 1 aromatic heterocycles. The number of nitrogens with one attached hydrogen (secondary N) is 2. The van der Waals surface area contributed by atoms with E-state index in [2.05, 4.69) is 40.0 Å². The highest BCUT2D eigenvalue weighted by atomic mass is 32.2. The molecule has 2 N–H and O–H groups in total. The second-order valence-electron chi connectivity index (χ2n) is 4.69. The summed E-state index contributed by atoms with van der Waals surface area (Å²) < 4.78 is 1.70. The molecule has 1 atom stereocenters. The minimum atomic E-state index is -0.210. The van der Waals surface area contributed by atoms with Crippen LogP contribution in [-0.2, 0) is 11.3 Å². The van der Waals surface area contributed by atoms with Gasteiger partial charge in [0.1, 0.15) is 0 Å². The Hall–Kier alpha value is -1.15. The number of hydrogen-bond donors (Lipinski definition) is 2. The SMILES string of the molecule is CNCCn1nnnc1SC(C)C(=O)NCC(C)C. The molecular weight excluding hydrogens is 264 g/mol. The molecule has 0 aliphatic heterocycles. The van der Waals surface area contributed by atoms with Crippen molar-refractivity contribution in [1.29, 1.82) is 0 Å². The van der Waals surface area contributed by atoms with E-state index in [1.54, 1.807) is 4.68 Å². The molecule has 0 bridgehead atoms. The summed E-state index contributed by atoms with van der Waals surface area (Å²) in [7, 11) is 1.87. The van der Waals surface area contributed by atoms with Crippen molar-refractivity contribution < 1.29 is 4.79 Å². The second-order valence-corrected chi connectivity index (χ2v) is 6.00. The number of rotatable bonds is 8. The van der Waals surface area contributed by atoms with Crippen molar-refractivity contribution >= 4 is 17.7 Å². The summed E-state index contributed by atoms with van der Waals surface area (Å²) in [5.41, 5.74) is 0. The highest BCUT2D eigenvalue weighted by Gasteiger charge is 2.18. The van der Waals surface area contributed by atoms with Crippen LogP contribution in [-0.4, -0.2) is 51.5 Å². The summed E-state index contributed by atoms with van der Waals surface area (Å²) in [6, 6.07) is 0. The standard InChI is InChI=1S/C11H22N6OS/c1-8(2)7-13-10(18)9(3)19-11-14-15-16-17(11)6-5-12-4/h8-9,12H,5-7H2,1-4H3,(H,13,18). The molecule has 0 aliphatic rings. The fourth-order valence-electron chi connectivity index (χ4n) is 1.30. The van der Waals surface area contributed by atoms with E-state index in [9.17, 15) is 4.79 Å². The monoisotopic (exact) mass is 286 g/mol. The summed E-state index contributed by atoms with van der Waals surface area (Å²) in [6.45, 7) is 8.15. The summed E-state index contributed by atoms with van der Waals surface area (Å²) in [5, 5.41) is 17.9. The minimum Gasteiger partial charge on any atom is -0.355 e. The molecule has 19 heavy (non-hydrogen) atoms. The lowest BCUT2D eigenvalue weighted by molar-refractivity contribution is -0.120. The first kappa shape index (κ1) is 15.9. The van der Waals surface area contributed by atoms with E-state index in [0.717, 1.165) is 6.54 Å². The molecule has 108 valence electrons. The van der Waals surface area contributed by atoms with E-state index in [0.29, 0.717) is 24.2 Å². The van der Waals surface area contributed by atoms with Gasteiger partial charge in [-0.15, -0.1) is 5.10 Å². The van der Waals surface area contributed by atoms with Crippen LogP contribution in [0.25, 0.3) is 0 Å². The first-order valence-electron chi connectivity index (χ1n) is 6.39. The number of thioether (sulfide) groups is 1. The molecule has 0 radical (unpaired) electrons. The molecule has 0 aliphatic carbocycles. The van der Waals surface area contributed by atoms with Crippen molar-refractivity contribution in [2.24, 2.45) is 5.92 Å². The van der Waals surface area contributed by atoms with Crippen LogP contribution in [0.4, 0.5) is 0 Å². The first-order valence-corrected chi connectivity index (χ1v) is 7.27. The molecule has 0 spiro atoms. The predicted molar refractivity (Wildman–Crippen MR) is 74.9 cm³/mol. The summed E-state index contributed by atoms with van der Waals surface area (Å²) >= 11 is 1.37. The Morgan fingerprint density at radius 1 is 1.42 bits per heavy atom. The number of amides is 1. The number of carbonyl (C=O) groups excluding carboxylic acids is 1. The molecule has 0 saturated carbocycles. The fraction of sp³-hybridized carbons (Fsp3) is 0.818. The molecule has 0 saturated heterocycles. The molecule has 1 aromatic rings. The molecule has 8 heteroatoms. The number of likely N-dealkylation sites (N-methyl/N-ethyl adjacent to an activating group) is 1. The third-order valence-corrected chi connectivity index (χ3v) is 3.48. The molecule has 0 aromatic carbocycles. The maximum atomic E-state index is 11.9. The van der Waals surface area contributed by atoms with Gasteiger partial charge in [0.25, 0.3) is 0 Å². The van der Waals surface area contributed by atoms with E-state index >= 15 is 0 Å². The van der Waals surface area contributed by atoms with Gasteiger partial charge in [-0.25, -0.2) is 4.68 Å². The van der Waals surface area contributed by atoms with Crippen LogP contribution in [0.2, 0.25) is 0 Å². The lowest BCUT2D eigenvalue weighted by Gasteiger charge is -2.12. The molecule has 1 heterocycles. The zero-order chi connectivity index (χ0) is 14.3. The smallest absolute Gasteiger partial charge is 0.233 e. The van der Waals surface area contributed by atoms with E-state index in [1.165, 1.54) is 11.8 Å². The Morgan fingerprint density at radius 3 is 2.79 bits per heavy atom. The molecule has 7 nitrogen and oxygen atoms in total. The Kier molecular flexibility index (Phi) is 6.79. The van der Waals surface area contributed by atoms with Crippen molar-refractivity contribution in [3.63, 3.8) is 0 Å². The van der Waals surface area contributed by atoms with E-state index in [4.69, 9.17) is 0 Å². The van der Waals surface area contributed by atoms with Gasteiger partial charge in [-0.1, -0.05) is 25.6 Å². The normalized spacial score (nSPS) is 12.7. The molecule has 1 amide bonds. The minimum absolute atomic E-state index is 0.0156. The van der Waals surface area contributed by atoms with Crippen molar-refractivity contribution in [3.8, 4) is 0 Å². The number of nitrogens with zero attached hydrogens (tertiary/aromatic N) is 4. The number of hydrogen-bond acceptors (Lipinski definition) is 6. The quantitative estimate of drug-likeness (QED) is 0.662. The van der Waals surface area contributed by atoms with Gasteiger partial charge in [-0.2, -0.15) is 0 Å². The number of carbonyl (C=O) groups is 1. The van der Waals surface area contributed by atoms with Gasteiger partial charge in [-0.3, -0.25) is 4.79 Å². The Morgan fingerprint density at radius 2 is 2.16 bits per heavy atom. The zero-order valence-electron chi connectivity index (χ0n) is 11.9. The van der Waals surface area contributed by atoms with Crippen molar-refractivity contribution in [2.75, 3.05) is 20.1 Å². The third kappa shape index (κ3) is 5.56. The average Bonchev–Trinajstić information content (AvgIpc) is 2.80. The molecule has 1 unspecified atom stereocenters. The maximum Gasteiger partial charge on any atom is 0.233 e. The summed E-state index contributed by atoms with van der Waals surface area (Å²) in [5.74, 6) is 0.462. The van der Waals surface area contributed by atoms with Gasteiger partial charge in [-0.05, 0) is 30.3 Å². The van der Waals surface area contributed by atoms with Crippen molar-refractivity contribution in [2.45, 2.75) is 37.7 Å². The lowest BCUT2D eigenvalue weighted by atomic mass is 10.2. The first-order chi connectivity index (χ1) is 9.04. The summed E-state index contributed by atoms with van der Waals surface area (Å²) in [4.78, 5) is 11.9. The molecule has 0 fully saturated rings. The van der Waals surface area contributed by atoms with E-state index < -0.39 is 0 Å². The summed E-state index contributed by atoms with van der Waals surface area (Å²) in [6.07, 6.45) is 0. The highest BCUT2D eigenvalue weighted by Crippen LogP contribution is 2.19. The van der Waals surface area contributed by atoms with Gasteiger partial charge in [0.05, 0.1) is 11.8 Å². The largest absolute Gasteiger partial charge is 0.355 e.